The lowest BCUT2D eigenvalue weighted by Crippen LogP contribution is -2.47. The van der Waals surface area contributed by atoms with Gasteiger partial charge in [0.25, 0.3) is 0 Å². The number of amides is 1. The van der Waals surface area contributed by atoms with Crippen LogP contribution in [0, 0.1) is 12.7 Å². The SMILES string of the molecule is Cc1ccc2c(NS(=O)(=O)N(C)Cc3ccccc3)c(F)ccc2c1Oc1ncccc1-c1ccnc(N[C@H]2CCCN(C(=O)OC(C)(C)C)C2)n1. The summed E-state index contributed by atoms with van der Waals surface area (Å²) < 4.78 is 57.7. The number of halogens is 1. The third-order valence-electron chi connectivity index (χ3n) is 8.49. The lowest BCUT2D eigenvalue weighted by Gasteiger charge is -2.34. The minimum Gasteiger partial charge on any atom is -0.444 e. The van der Waals surface area contributed by atoms with Crippen LogP contribution in [0.2, 0.25) is 0 Å². The summed E-state index contributed by atoms with van der Waals surface area (Å²) in [7, 11) is -2.70. The first-order valence-electron chi connectivity index (χ1n) is 17.0. The highest BCUT2D eigenvalue weighted by molar-refractivity contribution is 7.90. The van der Waals surface area contributed by atoms with Crippen molar-refractivity contribution >= 4 is 38.7 Å². The molecule has 1 aliphatic rings. The van der Waals surface area contributed by atoms with Crippen LogP contribution in [-0.4, -0.2) is 70.4 Å². The number of anilines is 2. The zero-order valence-corrected chi connectivity index (χ0v) is 30.6. The van der Waals surface area contributed by atoms with Crippen LogP contribution in [0.5, 0.6) is 11.6 Å². The smallest absolute Gasteiger partial charge is 0.410 e. The second-order valence-corrected chi connectivity index (χ2v) is 15.5. The van der Waals surface area contributed by atoms with Gasteiger partial charge < -0.3 is 19.7 Å². The molecule has 0 spiro atoms. The molecule has 14 heteroatoms. The van der Waals surface area contributed by atoms with E-state index in [1.807, 2.05) is 64.1 Å². The van der Waals surface area contributed by atoms with Crippen LogP contribution in [0.25, 0.3) is 22.0 Å². The zero-order valence-electron chi connectivity index (χ0n) is 29.8. The molecule has 2 N–H and O–H groups in total. The first-order chi connectivity index (χ1) is 24.8. The van der Waals surface area contributed by atoms with E-state index in [1.54, 1.807) is 47.6 Å². The number of hydrogen-bond donors (Lipinski definition) is 2. The van der Waals surface area contributed by atoms with Crippen molar-refractivity contribution in [3.05, 3.63) is 102 Å². The van der Waals surface area contributed by atoms with E-state index in [-0.39, 0.29) is 30.2 Å². The third-order valence-corrected chi connectivity index (χ3v) is 9.91. The van der Waals surface area contributed by atoms with Gasteiger partial charge in [-0.1, -0.05) is 42.5 Å². The number of rotatable bonds is 10. The Balaban J connectivity index is 1.25. The molecule has 5 aromatic rings. The summed E-state index contributed by atoms with van der Waals surface area (Å²) in [6.07, 6.45) is 4.51. The number of nitrogens with zero attached hydrogens (tertiary/aromatic N) is 5. The van der Waals surface area contributed by atoms with Crippen molar-refractivity contribution in [1.29, 1.82) is 0 Å². The van der Waals surface area contributed by atoms with Gasteiger partial charge >= 0.3 is 16.3 Å². The van der Waals surface area contributed by atoms with Crippen LogP contribution >= 0.6 is 0 Å². The van der Waals surface area contributed by atoms with Gasteiger partial charge in [0.15, 0.2) is 0 Å². The number of pyridine rings is 1. The van der Waals surface area contributed by atoms with Crippen molar-refractivity contribution in [2.24, 2.45) is 0 Å². The summed E-state index contributed by atoms with van der Waals surface area (Å²) in [5.74, 6) is 0.276. The number of carbonyl (C=O) groups excluding carboxylic acids is 1. The van der Waals surface area contributed by atoms with Gasteiger partial charge in [-0.15, -0.1) is 0 Å². The minimum atomic E-state index is -4.14. The minimum absolute atomic E-state index is 0.0791. The van der Waals surface area contributed by atoms with E-state index >= 15 is 4.39 Å². The summed E-state index contributed by atoms with van der Waals surface area (Å²) in [4.78, 5) is 28.1. The standard InChI is InChI=1S/C38H42FN7O5S/c1-25-15-16-28-29(17-18-31(39)33(28)44-52(48,49)45(5)23-26-11-7-6-8-12-26)34(25)50-35-30(14-9-20-40-35)32-19-21-41-36(43-32)42-27-13-10-22-46(24-27)37(47)51-38(2,3)4/h6-9,11-12,14-21,27,44H,10,13,22-24H2,1-5H3,(H,41,42,43)/t27-/m0/s1. The molecule has 3 aromatic carbocycles. The van der Waals surface area contributed by atoms with Crippen LogP contribution in [0.15, 0.2) is 85.2 Å². The molecule has 1 amide bonds. The second kappa shape index (κ2) is 15.1. The van der Waals surface area contributed by atoms with Gasteiger partial charge in [-0.3, -0.25) is 4.72 Å². The summed E-state index contributed by atoms with van der Waals surface area (Å²) >= 11 is 0. The number of aromatic nitrogens is 3. The Morgan fingerprint density at radius 3 is 2.54 bits per heavy atom. The quantitative estimate of drug-likeness (QED) is 0.149. The average Bonchev–Trinajstić information content (AvgIpc) is 3.11. The molecule has 3 heterocycles. The Kier molecular flexibility index (Phi) is 10.6. The molecule has 6 rings (SSSR count). The first kappa shape index (κ1) is 36.5. The molecule has 0 unspecified atom stereocenters. The molecule has 0 bridgehead atoms. The molecule has 0 radical (unpaired) electrons. The predicted molar refractivity (Wildman–Crippen MR) is 199 cm³/mol. The molecule has 12 nitrogen and oxygen atoms in total. The highest BCUT2D eigenvalue weighted by Gasteiger charge is 2.28. The molecule has 1 atom stereocenters. The maximum Gasteiger partial charge on any atom is 0.410 e. The predicted octanol–water partition coefficient (Wildman–Crippen LogP) is 7.53. The van der Waals surface area contributed by atoms with E-state index < -0.39 is 21.6 Å². The van der Waals surface area contributed by atoms with Gasteiger partial charge in [-0.05, 0) is 82.0 Å². The van der Waals surface area contributed by atoms with Crippen LogP contribution in [0.4, 0.5) is 20.8 Å². The molecule has 1 saturated heterocycles. The number of benzene rings is 3. The van der Waals surface area contributed by atoms with Gasteiger partial charge in [0.2, 0.25) is 11.8 Å². The molecule has 1 aliphatic heterocycles. The Morgan fingerprint density at radius 2 is 1.77 bits per heavy atom. The van der Waals surface area contributed by atoms with Crippen molar-refractivity contribution in [2.45, 2.75) is 58.7 Å². The highest BCUT2D eigenvalue weighted by Crippen LogP contribution is 2.40. The maximum atomic E-state index is 15.4. The molecule has 272 valence electrons. The lowest BCUT2D eigenvalue weighted by molar-refractivity contribution is 0.0206. The normalized spacial score (nSPS) is 15.1. The first-order valence-corrected chi connectivity index (χ1v) is 18.4. The number of nitrogens with one attached hydrogen (secondary N) is 2. The van der Waals surface area contributed by atoms with Crippen molar-refractivity contribution in [2.75, 3.05) is 30.2 Å². The van der Waals surface area contributed by atoms with Crippen molar-refractivity contribution < 1.29 is 27.1 Å². The van der Waals surface area contributed by atoms with E-state index in [1.165, 1.54) is 13.1 Å². The number of fused-ring (bicyclic) bond motifs is 1. The van der Waals surface area contributed by atoms with Gasteiger partial charge in [-0.25, -0.2) is 24.1 Å². The fourth-order valence-electron chi connectivity index (χ4n) is 5.94. The van der Waals surface area contributed by atoms with Crippen molar-refractivity contribution in [3.63, 3.8) is 0 Å². The Hall–Kier alpha value is -5.34. The molecule has 52 heavy (non-hydrogen) atoms. The number of piperidine rings is 1. The molecule has 0 saturated carbocycles. The number of hydrogen-bond acceptors (Lipinski definition) is 9. The van der Waals surface area contributed by atoms with Crippen LogP contribution < -0.4 is 14.8 Å². The number of carbonyl (C=O) groups is 1. The fourth-order valence-corrected chi connectivity index (χ4v) is 6.88. The Morgan fingerprint density at radius 1 is 1.00 bits per heavy atom. The van der Waals surface area contributed by atoms with E-state index in [0.717, 1.165) is 28.3 Å². The number of likely N-dealkylation sites (tertiary alicyclic amines) is 1. The van der Waals surface area contributed by atoms with Crippen LogP contribution in [-0.2, 0) is 21.5 Å². The third kappa shape index (κ3) is 8.57. The van der Waals surface area contributed by atoms with E-state index in [2.05, 4.69) is 20.0 Å². The number of ether oxygens (including phenoxy) is 2. The Labute approximate surface area is 303 Å². The monoisotopic (exact) mass is 727 g/mol. The highest BCUT2D eigenvalue weighted by atomic mass is 32.2. The van der Waals surface area contributed by atoms with E-state index in [4.69, 9.17) is 14.5 Å². The van der Waals surface area contributed by atoms with Crippen LogP contribution in [0.3, 0.4) is 0 Å². The molecule has 2 aromatic heterocycles. The second-order valence-electron chi connectivity index (χ2n) is 13.7. The summed E-state index contributed by atoms with van der Waals surface area (Å²) in [5.41, 5.74) is 1.86. The average molecular weight is 728 g/mol. The van der Waals surface area contributed by atoms with Gasteiger partial charge in [0, 0.05) is 55.9 Å². The van der Waals surface area contributed by atoms with E-state index in [0.29, 0.717) is 46.8 Å². The van der Waals surface area contributed by atoms with Gasteiger partial charge in [-0.2, -0.15) is 12.7 Å². The van der Waals surface area contributed by atoms with Crippen molar-refractivity contribution in [3.8, 4) is 22.9 Å². The molecular formula is C38H42FN7O5S. The van der Waals surface area contributed by atoms with Crippen molar-refractivity contribution in [1.82, 2.24) is 24.2 Å². The summed E-state index contributed by atoms with van der Waals surface area (Å²) in [6.45, 7) is 8.54. The van der Waals surface area contributed by atoms with Gasteiger partial charge in [0.05, 0.1) is 16.9 Å². The van der Waals surface area contributed by atoms with Crippen LogP contribution in [0.1, 0.15) is 44.7 Å². The summed E-state index contributed by atoms with van der Waals surface area (Å²) in [5, 5.41) is 4.17. The van der Waals surface area contributed by atoms with E-state index in [9.17, 15) is 13.2 Å². The zero-order chi connectivity index (χ0) is 37.0. The van der Waals surface area contributed by atoms with Gasteiger partial charge in [0.1, 0.15) is 17.2 Å². The summed E-state index contributed by atoms with van der Waals surface area (Å²) in [6, 6.07) is 20.5. The molecule has 0 aliphatic carbocycles. The topological polar surface area (TPSA) is 139 Å². The Bertz CT molecular complexity index is 2180. The lowest BCUT2D eigenvalue weighted by atomic mass is 10.0. The largest absolute Gasteiger partial charge is 0.444 e. The number of aryl methyl sites for hydroxylation is 1. The molecular weight excluding hydrogens is 686 g/mol. The fraction of sp³-hybridized carbons (Fsp3) is 0.316. The maximum absolute atomic E-state index is 15.4. The molecule has 1 fully saturated rings.